The molecule has 88 valence electrons. The summed E-state index contributed by atoms with van der Waals surface area (Å²) in [6, 6.07) is 5.04. The number of hydrogen-bond donors (Lipinski definition) is 1. The van der Waals surface area contributed by atoms with Crippen molar-refractivity contribution in [2.75, 3.05) is 13.1 Å². The molecule has 4 heteroatoms. The second-order valence-electron chi connectivity index (χ2n) is 4.24. The molecule has 0 radical (unpaired) electrons. The monoisotopic (exact) mass is 243 g/mol. The Labute approximate surface area is 99.6 Å². The molecule has 1 unspecified atom stereocenters. The average molecular weight is 244 g/mol. The Morgan fingerprint density at radius 1 is 1.50 bits per heavy atom. The van der Waals surface area contributed by atoms with Crippen molar-refractivity contribution in [3.63, 3.8) is 0 Å². The fraction of sp³-hybridized carbons (Fsp3) is 0.500. The molecule has 0 spiro atoms. The Kier molecular flexibility index (Phi) is 3.79. The van der Waals surface area contributed by atoms with E-state index in [9.17, 15) is 9.50 Å². The summed E-state index contributed by atoms with van der Waals surface area (Å²) in [5.74, 6) is -0.343. The molecule has 1 saturated heterocycles. The van der Waals surface area contributed by atoms with E-state index >= 15 is 0 Å². The summed E-state index contributed by atoms with van der Waals surface area (Å²) in [6.07, 6.45) is 1.52. The number of aliphatic hydroxyl groups excluding tert-OH is 1. The number of β-amino-alcohol motifs (C(OH)–C–C–N with tert-alkyl or cyclic N) is 1. The van der Waals surface area contributed by atoms with Crippen LogP contribution in [0.5, 0.6) is 0 Å². The molecule has 0 saturated carbocycles. The smallest absolute Gasteiger partial charge is 0.146 e. The van der Waals surface area contributed by atoms with Crippen LogP contribution in [-0.4, -0.2) is 29.2 Å². The molecule has 1 heterocycles. The normalized spacial score (nSPS) is 22.3. The van der Waals surface area contributed by atoms with Gasteiger partial charge in [0.25, 0.3) is 0 Å². The fourth-order valence-corrected chi connectivity index (χ4v) is 2.28. The van der Waals surface area contributed by atoms with Gasteiger partial charge in [0.05, 0.1) is 11.1 Å². The van der Waals surface area contributed by atoms with Crippen LogP contribution >= 0.6 is 11.6 Å². The maximum atomic E-state index is 13.6. The van der Waals surface area contributed by atoms with Gasteiger partial charge in [-0.2, -0.15) is 0 Å². The van der Waals surface area contributed by atoms with Crippen LogP contribution in [-0.2, 0) is 6.54 Å². The van der Waals surface area contributed by atoms with Crippen LogP contribution in [0.2, 0.25) is 5.02 Å². The van der Waals surface area contributed by atoms with Crippen LogP contribution in [0.3, 0.4) is 0 Å². The summed E-state index contributed by atoms with van der Waals surface area (Å²) in [5.41, 5.74) is 0.599. The highest BCUT2D eigenvalue weighted by atomic mass is 35.5. The molecular formula is C12H15ClFNO. The Morgan fingerprint density at radius 2 is 2.31 bits per heavy atom. The van der Waals surface area contributed by atoms with Gasteiger partial charge in [0, 0.05) is 18.7 Å². The minimum Gasteiger partial charge on any atom is -0.392 e. The molecular weight excluding hydrogens is 229 g/mol. The van der Waals surface area contributed by atoms with Gasteiger partial charge in [-0.25, -0.2) is 4.39 Å². The Morgan fingerprint density at radius 3 is 3.06 bits per heavy atom. The van der Waals surface area contributed by atoms with E-state index in [0.717, 1.165) is 19.4 Å². The van der Waals surface area contributed by atoms with Gasteiger partial charge in [0.2, 0.25) is 0 Å². The summed E-state index contributed by atoms with van der Waals surface area (Å²) in [4.78, 5) is 2.06. The van der Waals surface area contributed by atoms with E-state index < -0.39 is 0 Å². The van der Waals surface area contributed by atoms with E-state index in [-0.39, 0.29) is 16.9 Å². The Hall–Kier alpha value is -0.640. The molecule has 1 atom stereocenters. The van der Waals surface area contributed by atoms with Crippen molar-refractivity contribution in [1.29, 1.82) is 0 Å². The second-order valence-corrected chi connectivity index (χ2v) is 4.65. The van der Waals surface area contributed by atoms with Gasteiger partial charge in [-0.15, -0.1) is 0 Å². The maximum Gasteiger partial charge on any atom is 0.146 e. The first-order valence-electron chi connectivity index (χ1n) is 5.50. The van der Waals surface area contributed by atoms with Gasteiger partial charge < -0.3 is 5.11 Å². The molecule has 2 rings (SSSR count). The van der Waals surface area contributed by atoms with Crippen molar-refractivity contribution in [3.05, 3.63) is 34.6 Å². The zero-order chi connectivity index (χ0) is 11.5. The predicted molar refractivity (Wildman–Crippen MR) is 61.9 cm³/mol. The van der Waals surface area contributed by atoms with Crippen molar-refractivity contribution in [3.8, 4) is 0 Å². The Bertz CT molecular complexity index is 372. The lowest BCUT2D eigenvalue weighted by Gasteiger charge is -2.30. The number of likely N-dealkylation sites (tertiary alicyclic amines) is 1. The van der Waals surface area contributed by atoms with Crippen LogP contribution < -0.4 is 0 Å². The number of hydrogen-bond acceptors (Lipinski definition) is 2. The topological polar surface area (TPSA) is 23.5 Å². The third-order valence-electron chi connectivity index (χ3n) is 2.91. The lowest BCUT2D eigenvalue weighted by Crippen LogP contribution is -2.37. The molecule has 0 aliphatic carbocycles. The van der Waals surface area contributed by atoms with Crippen molar-refractivity contribution in [1.82, 2.24) is 4.90 Å². The number of halogens is 2. The minimum atomic E-state index is -0.343. The third-order valence-corrected chi connectivity index (χ3v) is 3.20. The summed E-state index contributed by atoms with van der Waals surface area (Å²) < 4.78 is 13.6. The molecule has 1 aliphatic heterocycles. The molecule has 0 amide bonds. The van der Waals surface area contributed by atoms with Gasteiger partial charge in [-0.1, -0.05) is 23.7 Å². The highest BCUT2D eigenvalue weighted by molar-refractivity contribution is 6.30. The number of piperidine rings is 1. The molecule has 16 heavy (non-hydrogen) atoms. The first kappa shape index (κ1) is 11.8. The summed E-state index contributed by atoms with van der Waals surface area (Å²) >= 11 is 5.72. The average Bonchev–Trinajstić information content (AvgIpc) is 2.25. The Balaban J connectivity index is 2.05. The first-order valence-corrected chi connectivity index (χ1v) is 5.88. The number of nitrogens with zero attached hydrogens (tertiary/aromatic N) is 1. The van der Waals surface area contributed by atoms with Crippen LogP contribution in [0.25, 0.3) is 0 Å². The summed E-state index contributed by atoms with van der Waals surface area (Å²) in [5, 5.41) is 9.68. The molecule has 1 aromatic rings. The van der Waals surface area contributed by atoms with E-state index in [2.05, 4.69) is 4.90 Å². The second kappa shape index (κ2) is 5.13. The molecule has 1 aromatic carbocycles. The van der Waals surface area contributed by atoms with Crippen LogP contribution in [0, 0.1) is 5.82 Å². The van der Waals surface area contributed by atoms with Crippen LogP contribution in [0.4, 0.5) is 4.39 Å². The van der Waals surface area contributed by atoms with Crippen molar-refractivity contribution < 1.29 is 9.50 Å². The molecule has 0 bridgehead atoms. The molecule has 2 nitrogen and oxygen atoms in total. The fourth-order valence-electron chi connectivity index (χ4n) is 2.09. The highest BCUT2D eigenvalue weighted by Gasteiger charge is 2.19. The number of aliphatic hydroxyl groups is 1. The molecule has 1 fully saturated rings. The summed E-state index contributed by atoms with van der Waals surface area (Å²) in [6.45, 7) is 2.04. The zero-order valence-electron chi connectivity index (χ0n) is 9.00. The van der Waals surface area contributed by atoms with Gasteiger partial charge in [-0.3, -0.25) is 4.90 Å². The largest absolute Gasteiger partial charge is 0.392 e. The number of benzene rings is 1. The van der Waals surface area contributed by atoms with Gasteiger partial charge in [0.1, 0.15) is 5.82 Å². The van der Waals surface area contributed by atoms with E-state index in [1.165, 1.54) is 0 Å². The van der Waals surface area contributed by atoms with Crippen LogP contribution in [0.1, 0.15) is 18.4 Å². The van der Waals surface area contributed by atoms with E-state index in [1.54, 1.807) is 18.2 Å². The highest BCUT2D eigenvalue weighted by Crippen LogP contribution is 2.20. The van der Waals surface area contributed by atoms with E-state index in [0.29, 0.717) is 18.7 Å². The van der Waals surface area contributed by atoms with Crippen molar-refractivity contribution in [2.45, 2.75) is 25.5 Å². The quantitative estimate of drug-likeness (QED) is 0.863. The van der Waals surface area contributed by atoms with Crippen LogP contribution in [0.15, 0.2) is 18.2 Å². The van der Waals surface area contributed by atoms with Gasteiger partial charge >= 0.3 is 0 Å². The predicted octanol–water partition coefficient (Wildman–Crippen LogP) is 2.44. The van der Waals surface area contributed by atoms with Gasteiger partial charge in [0.15, 0.2) is 0 Å². The van der Waals surface area contributed by atoms with Gasteiger partial charge in [-0.05, 0) is 25.5 Å². The molecule has 1 aliphatic rings. The summed E-state index contributed by atoms with van der Waals surface area (Å²) in [7, 11) is 0. The third kappa shape index (κ3) is 2.73. The first-order chi connectivity index (χ1) is 7.66. The standard InChI is InChI=1S/C12H15ClFNO/c13-11-5-1-3-9(12(11)14)7-15-6-2-4-10(16)8-15/h1,3,5,10,16H,2,4,6-8H2. The van der Waals surface area contributed by atoms with Crippen molar-refractivity contribution >= 4 is 11.6 Å². The SMILES string of the molecule is OC1CCCN(Cc2cccc(Cl)c2F)C1. The molecule has 0 aromatic heterocycles. The maximum absolute atomic E-state index is 13.6. The minimum absolute atomic E-state index is 0.162. The van der Waals surface area contributed by atoms with E-state index in [1.807, 2.05) is 0 Å². The van der Waals surface area contributed by atoms with E-state index in [4.69, 9.17) is 11.6 Å². The lowest BCUT2D eigenvalue weighted by molar-refractivity contribution is 0.0663. The van der Waals surface area contributed by atoms with Crippen molar-refractivity contribution in [2.24, 2.45) is 0 Å². The number of rotatable bonds is 2. The zero-order valence-corrected chi connectivity index (χ0v) is 9.75. The molecule has 1 N–H and O–H groups in total. The lowest BCUT2D eigenvalue weighted by atomic mass is 10.1.